The van der Waals surface area contributed by atoms with Crippen molar-refractivity contribution in [2.45, 2.75) is 4.90 Å². The molecule has 0 spiro atoms. The molecule has 148 valence electrons. The number of sulfonamides is 1. The molecule has 2 aromatic heterocycles. The summed E-state index contributed by atoms with van der Waals surface area (Å²) in [5.74, 6) is 1.29. The number of anilines is 1. The molecule has 30 heavy (non-hydrogen) atoms. The molecule has 0 saturated carbocycles. The van der Waals surface area contributed by atoms with Crippen molar-refractivity contribution in [3.05, 3.63) is 84.7 Å². The van der Waals surface area contributed by atoms with Gasteiger partial charge in [-0.05, 0) is 48.5 Å². The third-order valence-corrected chi connectivity index (χ3v) is 5.43. The van der Waals surface area contributed by atoms with Crippen LogP contribution in [0, 0.1) is 11.3 Å². The van der Waals surface area contributed by atoms with Gasteiger partial charge < -0.3 is 4.74 Å². The fraction of sp³-hybridized carbons (Fsp3) is 0. The van der Waals surface area contributed by atoms with Crippen LogP contribution in [0.4, 0.5) is 5.69 Å². The van der Waals surface area contributed by atoms with Crippen molar-refractivity contribution in [3.63, 3.8) is 0 Å². The van der Waals surface area contributed by atoms with Crippen LogP contribution in [0.3, 0.4) is 0 Å². The molecule has 10 heteroatoms. The van der Waals surface area contributed by atoms with Gasteiger partial charge in [-0.3, -0.25) is 4.72 Å². The van der Waals surface area contributed by atoms with Gasteiger partial charge in [-0.1, -0.05) is 12.1 Å². The molecule has 0 amide bonds. The van der Waals surface area contributed by atoms with E-state index in [1.54, 1.807) is 71.7 Å². The summed E-state index contributed by atoms with van der Waals surface area (Å²) >= 11 is 0. The molecule has 4 aromatic rings. The number of ether oxygens (including phenoxy) is 1. The second-order valence-corrected chi connectivity index (χ2v) is 7.67. The minimum absolute atomic E-state index is 0.0714. The van der Waals surface area contributed by atoms with Crippen molar-refractivity contribution >= 4 is 15.7 Å². The highest BCUT2D eigenvalue weighted by molar-refractivity contribution is 7.92. The molecule has 0 radical (unpaired) electrons. The Morgan fingerprint density at radius 3 is 2.43 bits per heavy atom. The second kappa shape index (κ2) is 8.02. The predicted octanol–water partition coefficient (Wildman–Crippen LogP) is 3.13. The smallest absolute Gasteiger partial charge is 0.263 e. The van der Waals surface area contributed by atoms with Crippen LogP contribution in [0.25, 0.3) is 5.82 Å². The first-order valence-electron chi connectivity index (χ1n) is 8.69. The Morgan fingerprint density at radius 2 is 1.77 bits per heavy atom. The largest absolute Gasteiger partial charge is 0.438 e. The normalized spacial score (nSPS) is 10.9. The molecule has 9 nitrogen and oxygen atoms in total. The van der Waals surface area contributed by atoms with E-state index in [4.69, 9.17) is 10.00 Å². The van der Waals surface area contributed by atoms with Gasteiger partial charge in [-0.25, -0.2) is 13.1 Å². The average Bonchev–Trinajstić information content (AvgIpc) is 3.30. The van der Waals surface area contributed by atoms with Gasteiger partial charge in [-0.15, -0.1) is 10.2 Å². The Kier molecular flexibility index (Phi) is 5.11. The highest BCUT2D eigenvalue weighted by Crippen LogP contribution is 2.24. The van der Waals surface area contributed by atoms with E-state index in [0.29, 0.717) is 17.3 Å². The summed E-state index contributed by atoms with van der Waals surface area (Å²) in [5.41, 5.74) is 0.400. The number of benzene rings is 2. The predicted molar refractivity (Wildman–Crippen MR) is 108 cm³/mol. The van der Waals surface area contributed by atoms with Crippen LogP contribution in [-0.4, -0.2) is 28.4 Å². The summed E-state index contributed by atoms with van der Waals surface area (Å²) in [4.78, 5) is -0.0830. The number of nitrogens with zero attached hydrogens (tertiary/aromatic N) is 5. The SMILES string of the molecule is N#Cc1ccccc1S(=O)(=O)Nc1ccc(Oc2ccc(-n3cccn3)nn2)cc1. The van der Waals surface area contributed by atoms with E-state index in [9.17, 15) is 8.42 Å². The molecule has 4 rings (SSSR count). The van der Waals surface area contributed by atoms with Gasteiger partial charge in [0, 0.05) is 24.1 Å². The number of aromatic nitrogens is 4. The Hall–Kier alpha value is -4.23. The zero-order chi connectivity index (χ0) is 21.0. The lowest BCUT2D eigenvalue weighted by Crippen LogP contribution is -2.14. The van der Waals surface area contributed by atoms with E-state index in [1.807, 2.05) is 6.07 Å². The zero-order valence-electron chi connectivity index (χ0n) is 15.4. The Balaban J connectivity index is 1.46. The van der Waals surface area contributed by atoms with Crippen LogP contribution in [0.1, 0.15) is 5.56 Å². The molecule has 0 fully saturated rings. The lowest BCUT2D eigenvalue weighted by atomic mass is 10.2. The summed E-state index contributed by atoms with van der Waals surface area (Å²) in [7, 11) is -3.90. The van der Waals surface area contributed by atoms with Gasteiger partial charge in [0.05, 0.1) is 5.56 Å². The molecule has 1 N–H and O–H groups in total. The monoisotopic (exact) mass is 418 g/mol. The molecule has 0 atom stereocenters. The topological polar surface area (TPSA) is 123 Å². The van der Waals surface area contributed by atoms with E-state index in [1.165, 1.54) is 12.1 Å². The fourth-order valence-corrected chi connectivity index (χ4v) is 3.83. The van der Waals surface area contributed by atoms with E-state index < -0.39 is 10.0 Å². The Bertz CT molecular complexity index is 1300. The van der Waals surface area contributed by atoms with E-state index >= 15 is 0 Å². The second-order valence-electron chi connectivity index (χ2n) is 6.02. The van der Waals surface area contributed by atoms with Crippen LogP contribution < -0.4 is 9.46 Å². The van der Waals surface area contributed by atoms with Gasteiger partial charge in [0.25, 0.3) is 10.0 Å². The maximum absolute atomic E-state index is 12.6. The van der Waals surface area contributed by atoms with Gasteiger partial charge in [0.1, 0.15) is 16.7 Å². The summed E-state index contributed by atoms with van der Waals surface area (Å²) in [6, 6.07) is 19.3. The molecule has 0 unspecified atom stereocenters. The van der Waals surface area contributed by atoms with Crippen LogP contribution in [0.15, 0.2) is 84.0 Å². The molecular weight excluding hydrogens is 404 g/mol. The first kappa shape index (κ1) is 19.1. The van der Waals surface area contributed by atoms with E-state index in [-0.39, 0.29) is 16.3 Å². The Morgan fingerprint density at radius 1 is 0.967 bits per heavy atom. The van der Waals surface area contributed by atoms with Gasteiger partial charge in [-0.2, -0.15) is 10.4 Å². The molecule has 2 heterocycles. The molecule has 0 aliphatic rings. The molecule has 0 bridgehead atoms. The van der Waals surface area contributed by atoms with Gasteiger partial charge in [0.2, 0.25) is 5.88 Å². The van der Waals surface area contributed by atoms with Crippen LogP contribution in [-0.2, 0) is 10.0 Å². The summed E-state index contributed by atoms with van der Waals surface area (Å²) < 4.78 is 34.8. The van der Waals surface area contributed by atoms with Crippen LogP contribution >= 0.6 is 0 Å². The molecular formula is C20H14N6O3S. The highest BCUT2D eigenvalue weighted by atomic mass is 32.2. The zero-order valence-corrected chi connectivity index (χ0v) is 16.2. The van der Waals surface area contributed by atoms with Crippen molar-refractivity contribution < 1.29 is 13.2 Å². The van der Waals surface area contributed by atoms with Crippen LogP contribution in [0.2, 0.25) is 0 Å². The van der Waals surface area contributed by atoms with Crippen molar-refractivity contribution in [2.24, 2.45) is 0 Å². The maximum Gasteiger partial charge on any atom is 0.263 e. The van der Waals surface area contributed by atoms with Gasteiger partial charge >= 0.3 is 0 Å². The standard InChI is InChI=1S/C20H14N6O3S/c21-14-15-4-1-2-5-18(15)30(27,28)25-16-6-8-17(9-7-16)29-20-11-10-19(23-24-20)26-13-3-12-22-26/h1-13,25H. The average molecular weight is 418 g/mol. The lowest BCUT2D eigenvalue weighted by molar-refractivity contribution is 0.454. The maximum atomic E-state index is 12.6. The van der Waals surface area contributed by atoms with Gasteiger partial charge in [0.15, 0.2) is 5.82 Å². The number of hydrogen-bond donors (Lipinski definition) is 1. The fourth-order valence-electron chi connectivity index (χ4n) is 2.61. The minimum atomic E-state index is -3.90. The third-order valence-electron chi connectivity index (χ3n) is 3.99. The van der Waals surface area contributed by atoms with E-state index in [0.717, 1.165) is 0 Å². The first-order chi connectivity index (χ1) is 14.5. The van der Waals surface area contributed by atoms with Crippen molar-refractivity contribution in [1.29, 1.82) is 5.26 Å². The number of hydrogen-bond acceptors (Lipinski definition) is 7. The third kappa shape index (κ3) is 4.11. The number of nitrogens with one attached hydrogen (secondary N) is 1. The minimum Gasteiger partial charge on any atom is -0.438 e. The molecule has 0 aliphatic heterocycles. The Labute approximate surface area is 172 Å². The molecule has 2 aromatic carbocycles. The van der Waals surface area contributed by atoms with Crippen molar-refractivity contribution in [3.8, 4) is 23.5 Å². The highest BCUT2D eigenvalue weighted by Gasteiger charge is 2.18. The quantitative estimate of drug-likeness (QED) is 0.510. The first-order valence-corrected chi connectivity index (χ1v) is 10.2. The molecule has 0 aliphatic carbocycles. The van der Waals surface area contributed by atoms with Crippen molar-refractivity contribution in [2.75, 3.05) is 4.72 Å². The van der Waals surface area contributed by atoms with Crippen LogP contribution in [0.5, 0.6) is 11.6 Å². The summed E-state index contributed by atoms with van der Waals surface area (Å²) in [6.07, 6.45) is 3.39. The lowest BCUT2D eigenvalue weighted by Gasteiger charge is -2.10. The van der Waals surface area contributed by atoms with E-state index in [2.05, 4.69) is 20.0 Å². The summed E-state index contributed by atoms with van der Waals surface area (Å²) in [5, 5.41) is 21.2. The summed E-state index contributed by atoms with van der Waals surface area (Å²) in [6.45, 7) is 0. The number of rotatable bonds is 6. The van der Waals surface area contributed by atoms with Crippen molar-refractivity contribution in [1.82, 2.24) is 20.0 Å². The number of nitriles is 1. The molecule has 0 saturated heterocycles.